The number of carbonyl (C=O) groups is 1. The van der Waals surface area contributed by atoms with E-state index in [9.17, 15) is 17.6 Å². The standard InChI is InChI=1S/C23H28FN3O4S3/c1-2-31-22(28)20-18-6-4-3-5-7-19(18)33-21(20)25-23(32)26-12-14-27(15-13-26)34(29,30)17-10-8-16(24)9-11-17/h8-11H,2-7,12-15H2,1H3,(H,25,32). The number of anilines is 1. The maximum absolute atomic E-state index is 13.2. The molecule has 0 spiro atoms. The van der Waals surface area contributed by atoms with Crippen LogP contribution in [0.5, 0.6) is 0 Å². The molecule has 1 N–H and O–H groups in total. The van der Waals surface area contributed by atoms with Crippen molar-refractivity contribution >= 4 is 49.7 Å². The molecule has 0 amide bonds. The van der Waals surface area contributed by atoms with E-state index >= 15 is 0 Å². The number of aryl methyl sites for hydroxylation is 1. The molecular formula is C23H28FN3O4S3. The predicted octanol–water partition coefficient (Wildman–Crippen LogP) is 4.04. The molecule has 0 saturated carbocycles. The molecule has 2 aliphatic rings. The molecule has 1 aliphatic heterocycles. The van der Waals surface area contributed by atoms with Crippen LogP contribution in [0.25, 0.3) is 0 Å². The molecule has 4 rings (SSSR count). The number of rotatable bonds is 5. The van der Waals surface area contributed by atoms with E-state index in [1.54, 1.807) is 18.3 Å². The van der Waals surface area contributed by atoms with Gasteiger partial charge in [0.25, 0.3) is 0 Å². The van der Waals surface area contributed by atoms with Crippen molar-refractivity contribution in [1.29, 1.82) is 0 Å². The van der Waals surface area contributed by atoms with Crippen LogP contribution in [0.2, 0.25) is 0 Å². The van der Waals surface area contributed by atoms with Crippen LogP contribution in [0.4, 0.5) is 9.39 Å². The fourth-order valence-corrected chi connectivity index (χ4v) is 7.36. The Kier molecular flexibility index (Phi) is 7.86. The first-order valence-corrected chi connectivity index (χ1v) is 14.1. The Balaban J connectivity index is 1.45. The molecule has 184 valence electrons. The summed E-state index contributed by atoms with van der Waals surface area (Å²) < 4.78 is 45.7. The zero-order chi connectivity index (χ0) is 24.3. The monoisotopic (exact) mass is 525 g/mol. The Morgan fingerprint density at radius 1 is 1.12 bits per heavy atom. The van der Waals surface area contributed by atoms with Gasteiger partial charge in [0, 0.05) is 31.1 Å². The number of hydrogen-bond acceptors (Lipinski definition) is 6. The van der Waals surface area contributed by atoms with Gasteiger partial charge in [-0.05, 0) is 74.7 Å². The van der Waals surface area contributed by atoms with Crippen LogP contribution in [0.3, 0.4) is 0 Å². The molecule has 11 heteroatoms. The molecule has 0 unspecified atom stereocenters. The number of thiocarbonyl (C=S) groups is 1. The largest absolute Gasteiger partial charge is 0.462 e. The summed E-state index contributed by atoms with van der Waals surface area (Å²) in [6.45, 7) is 3.43. The fraction of sp³-hybridized carbons (Fsp3) is 0.478. The Morgan fingerprint density at radius 2 is 1.79 bits per heavy atom. The normalized spacial score (nSPS) is 17.1. The topological polar surface area (TPSA) is 79.0 Å². The molecule has 0 radical (unpaired) electrons. The molecule has 1 aromatic heterocycles. The minimum Gasteiger partial charge on any atom is -0.462 e. The third-order valence-corrected chi connectivity index (χ3v) is 9.58. The number of thiophene rings is 1. The molecule has 0 bridgehead atoms. The molecule has 1 fully saturated rings. The van der Waals surface area contributed by atoms with E-state index in [0.717, 1.165) is 49.8 Å². The van der Waals surface area contributed by atoms with E-state index in [-0.39, 0.29) is 24.0 Å². The number of piperazine rings is 1. The number of nitrogens with one attached hydrogen (secondary N) is 1. The summed E-state index contributed by atoms with van der Waals surface area (Å²) >= 11 is 7.20. The van der Waals surface area contributed by atoms with Gasteiger partial charge in [0.2, 0.25) is 10.0 Å². The van der Waals surface area contributed by atoms with Gasteiger partial charge in [0.15, 0.2) is 5.11 Å². The number of nitrogens with zero attached hydrogens (tertiary/aromatic N) is 2. The molecule has 1 aromatic carbocycles. The lowest BCUT2D eigenvalue weighted by atomic mass is 10.1. The highest BCUT2D eigenvalue weighted by molar-refractivity contribution is 7.89. The molecule has 0 atom stereocenters. The van der Waals surface area contributed by atoms with E-state index < -0.39 is 15.8 Å². The van der Waals surface area contributed by atoms with E-state index in [1.807, 2.05) is 4.90 Å². The number of esters is 1. The van der Waals surface area contributed by atoms with Crippen LogP contribution in [0.1, 0.15) is 47.0 Å². The summed E-state index contributed by atoms with van der Waals surface area (Å²) in [5.74, 6) is -0.810. The lowest BCUT2D eigenvalue weighted by Gasteiger charge is -2.35. The highest BCUT2D eigenvalue weighted by Crippen LogP contribution is 2.38. The third-order valence-electron chi connectivity index (χ3n) is 6.10. The van der Waals surface area contributed by atoms with Gasteiger partial charge in [-0.1, -0.05) is 6.42 Å². The molecule has 34 heavy (non-hydrogen) atoms. The van der Waals surface area contributed by atoms with Crippen molar-refractivity contribution in [2.75, 3.05) is 38.1 Å². The van der Waals surface area contributed by atoms with Gasteiger partial charge < -0.3 is 15.0 Å². The van der Waals surface area contributed by atoms with Crippen LogP contribution >= 0.6 is 23.6 Å². The molecule has 1 saturated heterocycles. The van der Waals surface area contributed by atoms with Crippen molar-refractivity contribution in [3.63, 3.8) is 0 Å². The van der Waals surface area contributed by atoms with Gasteiger partial charge in [0.05, 0.1) is 17.1 Å². The number of fused-ring (bicyclic) bond motifs is 1. The summed E-state index contributed by atoms with van der Waals surface area (Å²) in [4.78, 5) is 16.0. The number of sulfonamides is 1. The lowest BCUT2D eigenvalue weighted by Crippen LogP contribution is -2.51. The summed E-state index contributed by atoms with van der Waals surface area (Å²) in [7, 11) is -3.70. The van der Waals surface area contributed by atoms with E-state index in [0.29, 0.717) is 35.4 Å². The Morgan fingerprint density at radius 3 is 2.47 bits per heavy atom. The van der Waals surface area contributed by atoms with Crippen molar-refractivity contribution in [1.82, 2.24) is 9.21 Å². The number of halogens is 1. The molecule has 2 heterocycles. The van der Waals surface area contributed by atoms with E-state index in [1.165, 1.54) is 21.3 Å². The van der Waals surface area contributed by atoms with Gasteiger partial charge in [-0.2, -0.15) is 4.31 Å². The van der Waals surface area contributed by atoms with Crippen molar-refractivity contribution in [3.8, 4) is 0 Å². The number of carbonyl (C=O) groups excluding carboxylic acids is 1. The second kappa shape index (κ2) is 10.7. The van der Waals surface area contributed by atoms with Crippen LogP contribution in [0, 0.1) is 5.82 Å². The third kappa shape index (κ3) is 5.27. The zero-order valence-electron chi connectivity index (χ0n) is 19.0. The zero-order valence-corrected chi connectivity index (χ0v) is 21.5. The maximum Gasteiger partial charge on any atom is 0.341 e. The van der Waals surface area contributed by atoms with Gasteiger partial charge in [-0.3, -0.25) is 0 Å². The second-order valence-corrected chi connectivity index (χ2v) is 11.7. The van der Waals surface area contributed by atoms with Crippen LogP contribution in [-0.4, -0.2) is 61.5 Å². The minimum absolute atomic E-state index is 0.0715. The van der Waals surface area contributed by atoms with Crippen LogP contribution < -0.4 is 5.32 Å². The Bertz CT molecular complexity index is 1160. The molecule has 2 aromatic rings. The van der Waals surface area contributed by atoms with Crippen molar-refractivity contribution < 1.29 is 22.3 Å². The number of hydrogen-bond donors (Lipinski definition) is 1. The van der Waals surface area contributed by atoms with Crippen molar-refractivity contribution in [3.05, 3.63) is 46.1 Å². The first kappa shape index (κ1) is 25.0. The predicted molar refractivity (Wildman–Crippen MR) is 134 cm³/mol. The maximum atomic E-state index is 13.2. The Hall–Kier alpha value is -2.08. The SMILES string of the molecule is CCOC(=O)c1c(NC(=S)N2CCN(S(=O)(=O)c3ccc(F)cc3)CC2)sc2c1CCCCC2. The van der Waals surface area contributed by atoms with Crippen molar-refractivity contribution in [2.24, 2.45) is 0 Å². The van der Waals surface area contributed by atoms with Crippen LogP contribution in [-0.2, 0) is 27.6 Å². The van der Waals surface area contributed by atoms with Gasteiger partial charge in [-0.25, -0.2) is 17.6 Å². The first-order valence-electron chi connectivity index (χ1n) is 11.4. The Labute approximate surface area is 208 Å². The van der Waals surface area contributed by atoms with E-state index in [2.05, 4.69) is 5.32 Å². The summed E-state index contributed by atoms with van der Waals surface area (Å²) in [5.41, 5.74) is 1.66. The summed E-state index contributed by atoms with van der Waals surface area (Å²) in [6.07, 6.45) is 5.10. The average molecular weight is 526 g/mol. The molecular weight excluding hydrogens is 497 g/mol. The van der Waals surface area contributed by atoms with Crippen LogP contribution in [0.15, 0.2) is 29.2 Å². The quantitative estimate of drug-likeness (QED) is 0.359. The smallest absolute Gasteiger partial charge is 0.341 e. The number of benzene rings is 1. The lowest BCUT2D eigenvalue weighted by molar-refractivity contribution is 0.0526. The van der Waals surface area contributed by atoms with E-state index in [4.69, 9.17) is 17.0 Å². The summed E-state index contributed by atoms with van der Waals surface area (Å²) in [6, 6.07) is 4.85. The van der Waals surface area contributed by atoms with Gasteiger partial charge in [-0.15, -0.1) is 11.3 Å². The fourth-order valence-electron chi connectivity index (χ4n) is 4.31. The average Bonchev–Trinajstić information content (AvgIpc) is 2.99. The number of ether oxygens (including phenoxy) is 1. The summed E-state index contributed by atoms with van der Waals surface area (Å²) in [5, 5.41) is 4.42. The molecule has 7 nitrogen and oxygen atoms in total. The minimum atomic E-state index is -3.70. The molecule has 1 aliphatic carbocycles. The highest BCUT2D eigenvalue weighted by atomic mass is 32.2. The highest BCUT2D eigenvalue weighted by Gasteiger charge is 2.31. The van der Waals surface area contributed by atoms with Crippen molar-refractivity contribution in [2.45, 2.75) is 43.9 Å². The first-order chi connectivity index (χ1) is 16.3. The second-order valence-electron chi connectivity index (χ2n) is 8.26. The van der Waals surface area contributed by atoms with Gasteiger partial charge >= 0.3 is 5.97 Å². The van der Waals surface area contributed by atoms with Gasteiger partial charge in [0.1, 0.15) is 10.8 Å².